The monoisotopic (exact) mass is 337 g/mol. The molecule has 132 valence electrons. The summed E-state index contributed by atoms with van der Waals surface area (Å²) in [7, 11) is 0. The molecule has 0 spiro atoms. The third-order valence-electron chi connectivity index (χ3n) is 4.75. The van der Waals surface area contributed by atoms with Crippen molar-refractivity contribution >= 4 is 17.4 Å². The fourth-order valence-corrected chi connectivity index (χ4v) is 3.19. The maximum absolute atomic E-state index is 12.1. The van der Waals surface area contributed by atoms with Crippen LogP contribution in [0.5, 0.6) is 0 Å². The first-order valence-corrected chi connectivity index (χ1v) is 9.27. The predicted octanol–water partition coefficient (Wildman–Crippen LogP) is 4.34. The molecule has 4 nitrogen and oxygen atoms in total. The zero-order valence-corrected chi connectivity index (χ0v) is 15.0. The molecule has 1 amide bonds. The molecule has 25 heavy (non-hydrogen) atoms. The number of pyridine rings is 1. The summed E-state index contributed by atoms with van der Waals surface area (Å²) in [6.07, 6.45) is 8.23. The minimum atomic E-state index is 0.00981. The van der Waals surface area contributed by atoms with Crippen LogP contribution in [-0.2, 0) is 11.2 Å². The first-order valence-electron chi connectivity index (χ1n) is 9.27. The molecule has 3 rings (SSSR count). The number of aromatic nitrogens is 1. The molecule has 1 N–H and O–H groups in total. The lowest BCUT2D eigenvalue weighted by Gasteiger charge is -2.22. The normalized spacial score (nSPS) is 14.8. The van der Waals surface area contributed by atoms with E-state index in [1.165, 1.54) is 36.8 Å². The number of aryl methyl sites for hydroxylation is 2. The second kappa shape index (κ2) is 8.65. The van der Waals surface area contributed by atoms with Gasteiger partial charge in [0.25, 0.3) is 0 Å². The molecule has 2 aromatic rings. The molecule has 1 saturated heterocycles. The van der Waals surface area contributed by atoms with Crippen LogP contribution >= 0.6 is 0 Å². The average Bonchev–Trinajstić information content (AvgIpc) is 2.91. The van der Waals surface area contributed by atoms with Crippen LogP contribution in [-0.4, -0.2) is 24.0 Å². The van der Waals surface area contributed by atoms with Crippen LogP contribution in [0.1, 0.15) is 43.2 Å². The van der Waals surface area contributed by atoms with Crippen molar-refractivity contribution in [3.8, 4) is 0 Å². The van der Waals surface area contributed by atoms with Gasteiger partial charge in [0, 0.05) is 19.5 Å². The topological polar surface area (TPSA) is 45.2 Å². The summed E-state index contributed by atoms with van der Waals surface area (Å²) in [6.45, 7) is 4.27. The SMILES string of the molecule is Cc1ccc(CCC(=O)Nc2ccc(N3CCCCCC3)cn2)cc1. The van der Waals surface area contributed by atoms with E-state index in [0.717, 1.165) is 25.2 Å². The van der Waals surface area contributed by atoms with Gasteiger partial charge in [-0.2, -0.15) is 0 Å². The Bertz CT molecular complexity index is 671. The van der Waals surface area contributed by atoms with Crippen LogP contribution < -0.4 is 10.2 Å². The number of nitrogens with one attached hydrogen (secondary N) is 1. The highest BCUT2D eigenvalue weighted by molar-refractivity contribution is 5.89. The van der Waals surface area contributed by atoms with Gasteiger partial charge in [-0.15, -0.1) is 0 Å². The molecule has 0 aliphatic carbocycles. The number of benzene rings is 1. The Kier molecular flexibility index (Phi) is 6.04. The van der Waals surface area contributed by atoms with Gasteiger partial charge in [0.2, 0.25) is 5.91 Å². The van der Waals surface area contributed by atoms with E-state index in [1.807, 2.05) is 12.3 Å². The van der Waals surface area contributed by atoms with E-state index in [9.17, 15) is 4.79 Å². The summed E-state index contributed by atoms with van der Waals surface area (Å²) < 4.78 is 0. The average molecular weight is 337 g/mol. The molecule has 0 atom stereocenters. The highest BCUT2D eigenvalue weighted by Crippen LogP contribution is 2.20. The van der Waals surface area contributed by atoms with E-state index < -0.39 is 0 Å². The zero-order chi connectivity index (χ0) is 17.5. The van der Waals surface area contributed by atoms with Crippen molar-refractivity contribution in [2.45, 2.75) is 45.4 Å². The van der Waals surface area contributed by atoms with Crippen LogP contribution in [0, 0.1) is 6.92 Å². The summed E-state index contributed by atoms with van der Waals surface area (Å²) in [5, 5.41) is 2.90. The number of hydrogen-bond donors (Lipinski definition) is 1. The Morgan fingerprint density at radius 1 is 1.04 bits per heavy atom. The van der Waals surface area contributed by atoms with E-state index >= 15 is 0 Å². The molecule has 1 fully saturated rings. The molecular weight excluding hydrogens is 310 g/mol. The third kappa shape index (κ3) is 5.31. The molecule has 4 heteroatoms. The first kappa shape index (κ1) is 17.5. The van der Waals surface area contributed by atoms with Crippen molar-refractivity contribution in [3.05, 3.63) is 53.7 Å². The summed E-state index contributed by atoms with van der Waals surface area (Å²) in [5.74, 6) is 0.642. The number of carbonyl (C=O) groups excluding carboxylic acids is 1. The van der Waals surface area contributed by atoms with Crippen molar-refractivity contribution in [1.29, 1.82) is 0 Å². The standard InChI is InChI=1S/C21H27N3O/c1-17-6-8-18(9-7-17)10-13-21(25)23-20-12-11-19(16-22-20)24-14-4-2-3-5-15-24/h6-9,11-12,16H,2-5,10,13-15H2,1H3,(H,22,23,25). The smallest absolute Gasteiger partial charge is 0.225 e. The number of rotatable bonds is 5. The Morgan fingerprint density at radius 3 is 2.40 bits per heavy atom. The van der Waals surface area contributed by atoms with Crippen molar-refractivity contribution in [3.63, 3.8) is 0 Å². The number of amides is 1. The summed E-state index contributed by atoms with van der Waals surface area (Å²) in [4.78, 5) is 18.9. The molecule has 0 saturated carbocycles. The van der Waals surface area contributed by atoms with Crippen molar-refractivity contribution < 1.29 is 4.79 Å². The van der Waals surface area contributed by atoms with Crippen LogP contribution in [0.3, 0.4) is 0 Å². The summed E-state index contributed by atoms with van der Waals surface area (Å²) in [5.41, 5.74) is 3.58. The van der Waals surface area contributed by atoms with Gasteiger partial charge in [-0.1, -0.05) is 42.7 Å². The molecule has 1 aliphatic rings. The first-order chi connectivity index (χ1) is 12.2. The van der Waals surface area contributed by atoms with Crippen LogP contribution in [0.25, 0.3) is 0 Å². The van der Waals surface area contributed by atoms with Gasteiger partial charge in [-0.05, 0) is 43.9 Å². The Labute approximate surface area is 150 Å². The molecule has 0 radical (unpaired) electrons. The van der Waals surface area contributed by atoms with Crippen LogP contribution in [0.15, 0.2) is 42.6 Å². The van der Waals surface area contributed by atoms with Gasteiger partial charge >= 0.3 is 0 Å². The van der Waals surface area contributed by atoms with E-state index in [1.54, 1.807) is 0 Å². The fraction of sp³-hybridized carbons (Fsp3) is 0.429. The van der Waals surface area contributed by atoms with E-state index in [4.69, 9.17) is 0 Å². The highest BCUT2D eigenvalue weighted by atomic mass is 16.1. The van der Waals surface area contributed by atoms with Gasteiger partial charge in [0.15, 0.2) is 0 Å². The van der Waals surface area contributed by atoms with Crippen molar-refractivity contribution in [2.24, 2.45) is 0 Å². The Balaban J connectivity index is 1.50. The summed E-state index contributed by atoms with van der Waals surface area (Å²) in [6, 6.07) is 12.3. The quantitative estimate of drug-likeness (QED) is 0.882. The van der Waals surface area contributed by atoms with Crippen LogP contribution in [0.4, 0.5) is 11.5 Å². The number of hydrogen-bond acceptors (Lipinski definition) is 3. The lowest BCUT2D eigenvalue weighted by molar-refractivity contribution is -0.116. The lowest BCUT2D eigenvalue weighted by Crippen LogP contribution is -2.24. The number of nitrogens with zero attached hydrogens (tertiary/aromatic N) is 2. The van der Waals surface area contributed by atoms with Crippen molar-refractivity contribution in [1.82, 2.24) is 4.98 Å². The zero-order valence-electron chi connectivity index (χ0n) is 15.0. The maximum atomic E-state index is 12.1. The van der Waals surface area contributed by atoms with Gasteiger partial charge in [0.05, 0.1) is 11.9 Å². The number of carbonyl (C=O) groups is 1. The minimum Gasteiger partial charge on any atom is -0.370 e. The minimum absolute atomic E-state index is 0.00981. The lowest BCUT2D eigenvalue weighted by atomic mass is 10.1. The molecule has 0 bridgehead atoms. The maximum Gasteiger partial charge on any atom is 0.225 e. The van der Waals surface area contributed by atoms with Gasteiger partial charge in [-0.3, -0.25) is 4.79 Å². The molecule has 1 aliphatic heterocycles. The Hall–Kier alpha value is -2.36. The molecule has 1 aromatic heterocycles. The molecule has 0 unspecified atom stereocenters. The fourth-order valence-electron chi connectivity index (χ4n) is 3.19. The van der Waals surface area contributed by atoms with Gasteiger partial charge in [-0.25, -0.2) is 4.98 Å². The Morgan fingerprint density at radius 2 is 1.76 bits per heavy atom. The highest BCUT2D eigenvalue weighted by Gasteiger charge is 2.10. The van der Waals surface area contributed by atoms with E-state index in [-0.39, 0.29) is 5.91 Å². The number of anilines is 2. The van der Waals surface area contributed by atoms with Gasteiger partial charge < -0.3 is 10.2 Å². The predicted molar refractivity (Wildman–Crippen MR) is 103 cm³/mol. The van der Waals surface area contributed by atoms with Crippen LogP contribution in [0.2, 0.25) is 0 Å². The molecule has 2 heterocycles. The second-order valence-corrected chi connectivity index (χ2v) is 6.84. The second-order valence-electron chi connectivity index (χ2n) is 6.84. The largest absolute Gasteiger partial charge is 0.370 e. The van der Waals surface area contributed by atoms with E-state index in [2.05, 4.69) is 52.5 Å². The van der Waals surface area contributed by atoms with E-state index in [0.29, 0.717) is 12.2 Å². The molecule has 1 aromatic carbocycles. The summed E-state index contributed by atoms with van der Waals surface area (Å²) >= 11 is 0. The molecular formula is C21H27N3O. The van der Waals surface area contributed by atoms with Crippen molar-refractivity contribution in [2.75, 3.05) is 23.3 Å². The third-order valence-corrected chi connectivity index (χ3v) is 4.75. The van der Waals surface area contributed by atoms with Gasteiger partial charge in [0.1, 0.15) is 5.82 Å².